The number of aliphatic imine (C=N–C) groups is 1. The summed E-state index contributed by atoms with van der Waals surface area (Å²) in [6.45, 7) is 6.34. The summed E-state index contributed by atoms with van der Waals surface area (Å²) in [6, 6.07) is 0. The standard InChI is InChI=1S/C14H23N7OS/c1-10-7-16-13(23-10)9-18-14(15-5-6-22-4)17-8-12-20-19-11(2)21(12)3/h7H,5-6,8-9H2,1-4H3,(H2,15,17,18). The Morgan fingerprint density at radius 2 is 2.17 bits per heavy atom. The molecule has 0 fully saturated rings. The van der Waals surface area contributed by atoms with E-state index in [0.29, 0.717) is 32.2 Å². The summed E-state index contributed by atoms with van der Waals surface area (Å²) in [4.78, 5) is 10.1. The Morgan fingerprint density at radius 1 is 1.35 bits per heavy atom. The Hall–Kier alpha value is -2.00. The van der Waals surface area contributed by atoms with Crippen molar-refractivity contribution in [2.75, 3.05) is 20.3 Å². The van der Waals surface area contributed by atoms with E-state index in [2.05, 4.69) is 30.8 Å². The van der Waals surface area contributed by atoms with Crippen LogP contribution in [0.4, 0.5) is 0 Å². The second kappa shape index (κ2) is 8.59. The normalized spacial score (nSPS) is 11.7. The molecular formula is C14H23N7OS. The van der Waals surface area contributed by atoms with Gasteiger partial charge < -0.3 is 19.9 Å². The Morgan fingerprint density at radius 3 is 2.78 bits per heavy atom. The second-order valence-corrected chi connectivity index (χ2v) is 6.34. The Labute approximate surface area is 140 Å². The molecule has 0 radical (unpaired) electrons. The van der Waals surface area contributed by atoms with E-state index in [1.807, 2.05) is 31.7 Å². The monoisotopic (exact) mass is 337 g/mol. The van der Waals surface area contributed by atoms with E-state index < -0.39 is 0 Å². The van der Waals surface area contributed by atoms with Crippen LogP contribution in [0, 0.1) is 13.8 Å². The molecule has 126 valence electrons. The molecule has 2 aromatic heterocycles. The zero-order chi connectivity index (χ0) is 16.7. The van der Waals surface area contributed by atoms with Gasteiger partial charge in [0.25, 0.3) is 0 Å². The third kappa shape index (κ3) is 5.29. The molecule has 2 aromatic rings. The SMILES string of the molecule is COCCNC(=NCc1nnc(C)n1C)NCc1ncc(C)s1. The number of hydrogen-bond acceptors (Lipinski definition) is 6. The van der Waals surface area contributed by atoms with Crippen molar-refractivity contribution >= 4 is 17.3 Å². The Bertz CT molecular complexity index is 649. The van der Waals surface area contributed by atoms with Crippen LogP contribution in [0.25, 0.3) is 0 Å². The zero-order valence-electron chi connectivity index (χ0n) is 14.0. The number of nitrogens with zero attached hydrogens (tertiary/aromatic N) is 5. The predicted octanol–water partition coefficient (Wildman–Crippen LogP) is 0.770. The zero-order valence-corrected chi connectivity index (χ0v) is 14.8. The molecule has 2 heterocycles. The first kappa shape index (κ1) is 17.4. The van der Waals surface area contributed by atoms with Gasteiger partial charge in [0.15, 0.2) is 11.8 Å². The molecule has 0 saturated heterocycles. The van der Waals surface area contributed by atoms with Gasteiger partial charge in [-0.05, 0) is 13.8 Å². The lowest BCUT2D eigenvalue weighted by atomic mass is 10.5. The first-order chi connectivity index (χ1) is 11.1. The van der Waals surface area contributed by atoms with Crippen LogP contribution in [-0.2, 0) is 24.9 Å². The van der Waals surface area contributed by atoms with Crippen LogP contribution >= 0.6 is 11.3 Å². The minimum Gasteiger partial charge on any atom is -0.383 e. The quantitative estimate of drug-likeness (QED) is 0.441. The molecule has 0 amide bonds. The number of thiazole rings is 1. The van der Waals surface area contributed by atoms with Crippen molar-refractivity contribution < 1.29 is 4.74 Å². The fourth-order valence-corrected chi connectivity index (χ4v) is 2.55. The van der Waals surface area contributed by atoms with Gasteiger partial charge in [-0.2, -0.15) is 0 Å². The lowest BCUT2D eigenvalue weighted by molar-refractivity contribution is 0.203. The van der Waals surface area contributed by atoms with Gasteiger partial charge in [-0.15, -0.1) is 21.5 Å². The Kier molecular flexibility index (Phi) is 6.48. The van der Waals surface area contributed by atoms with Crippen LogP contribution < -0.4 is 10.6 Å². The van der Waals surface area contributed by atoms with E-state index >= 15 is 0 Å². The van der Waals surface area contributed by atoms with E-state index in [9.17, 15) is 0 Å². The molecule has 23 heavy (non-hydrogen) atoms. The molecule has 9 heteroatoms. The lowest BCUT2D eigenvalue weighted by Crippen LogP contribution is -2.38. The first-order valence-corrected chi connectivity index (χ1v) is 8.19. The number of methoxy groups -OCH3 is 1. The fraction of sp³-hybridized carbons (Fsp3) is 0.571. The average Bonchev–Trinajstić information content (AvgIpc) is 3.09. The summed E-state index contributed by atoms with van der Waals surface area (Å²) in [5.74, 6) is 2.39. The van der Waals surface area contributed by atoms with Gasteiger partial charge in [-0.25, -0.2) is 9.98 Å². The first-order valence-electron chi connectivity index (χ1n) is 7.37. The molecule has 0 aliphatic heterocycles. The number of hydrogen-bond donors (Lipinski definition) is 2. The van der Waals surface area contributed by atoms with Gasteiger partial charge in [-0.1, -0.05) is 0 Å². The van der Waals surface area contributed by atoms with Crippen LogP contribution in [0.2, 0.25) is 0 Å². The van der Waals surface area contributed by atoms with Crippen molar-refractivity contribution in [2.45, 2.75) is 26.9 Å². The molecule has 2 rings (SSSR count). The van der Waals surface area contributed by atoms with Crippen molar-refractivity contribution in [1.82, 2.24) is 30.4 Å². The highest BCUT2D eigenvalue weighted by molar-refractivity contribution is 7.11. The topological polar surface area (TPSA) is 89.2 Å². The summed E-state index contributed by atoms with van der Waals surface area (Å²) in [6.07, 6.45) is 1.87. The largest absolute Gasteiger partial charge is 0.383 e. The van der Waals surface area contributed by atoms with Crippen molar-refractivity contribution in [3.05, 3.63) is 27.7 Å². The molecule has 0 saturated carbocycles. The maximum absolute atomic E-state index is 5.06. The van der Waals surface area contributed by atoms with Gasteiger partial charge in [0.05, 0.1) is 13.2 Å². The number of aromatic nitrogens is 4. The molecule has 0 bridgehead atoms. The fourth-order valence-electron chi connectivity index (χ4n) is 1.83. The Balaban J connectivity index is 1.97. The van der Waals surface area contributed by atoms with Crippen molar-refractivity contribution in [1.29, 1.82) is 0 Å². The smallest absolute Gasteiger partial charge is 0.192 e. The van der Waals surface area contributed by atoms with Gasteiger partial charge >= 0.3 is 0 Å². The number of ether oxygens (including phenoxy) is 1. The average molecular weight is 337 g/mol. The summed E-state index contributed by atoms with van der Waals surface area (Å²) in [5.41, 5.74) is 0. The molecule has 0 atom stereocenters. The second-order valence-electron chi connectivity index (χ2n) is 5.03. The lowest BCUT2D eigenvalue weighted by Gasteiger charge is -2.11. The molecule has 0 aromatic carbocycles. The van der Waals surface area contributed by atoms with Crippen molar-refractivity contribution in [3.63, 3.8) is 0 Å². The highest BCUT2D eigenvalue weighted by Crippen LogP contribution is 2.10. The highest BCUT2D eigenvalue weighted by atomic mass is 32.1. The minimum atomic E-state index is 0.455. The van der Waals surface area contributed by atoms with Crippen molar-refractivity contribution in [2.24, 2.45) is 12.0 Å². The van der Waals surface area contributed by atoms with Crippen molar-refractivity contribution in [3.8, 4) is 0 Å². The van der Waals surface area contributed by atoms with Gasteiger partial charge in [-0.3, -0.25) is 0 Å². The number of rotatable bonds is 7. The van der Waals surface area contributed by atoms with Crippen LogP contribution in [0.5, 0.6) is 0 Å². The molecule has 0 spiro atoms. The molecule has 2 N–H and O–H groups in total. The summed E-state index contributed by atoms with van der Waals surface area (Å²) < 4.78 is 6.99. The van der Waals surface area contributed by atoms with E-state index in [-0.39, 0.29) is 0 Å². The highest BCUT2D eigenvalue weighted by Gasteiger charge is 2.06. The summed E-state index contributed by atoms with van der Waals surface area (Å²) in [5, 5.41) is 15.7. The van der Waals surface area contributed by atoms with Crippen LogP contribution in [0.15, 0.2) is 11.2 Å². The molecule has 0 aliphatic carbocycles. The predicted molar refractivity (Wildman–Crippen MR) is 90.4 cm³/mol. The third-order valence-corrected chi connectivity index (χ3v) is 4.15. The van der Waals surface area contributed by atoms with E-state index in [0.717, 1.165) is 16.7 Å². The van der Waals surface area contributed by atoms with Gasteiger partial charge in [0, 0.05) is 31.8 Å². The van der Waals surface area contributed by atoms with Crippen LogP contribution in [0.1, 0.15) is 21.5 Å². The number of guanidine groups is 1. The van der Waals surface area contributed by atoms with Gasteiger partial charge in [0.2, 0.25) is 0 Å². The number of aryl methyl sites for hydroxylation is 2. The molecule has 0 unspecified atom stereocenters. The number of nitrogens with one attached hydrogen (secondary N) is 2. The summed E-state index contributed by atoms with van der Waals surface area (Å²) in [7, 11) is 3.61. The van der Waals surface area contributed by atoms with E-state index in [1.165, 1.54) is 4.88 Å². The van der Waals surface area contributed by atoms with Crippen LogP contribution in [-0.4, -0.2) is 46.0 Å². The van der Waals surface area contributed by atoms with E-state index in [4.69, 9.17) is 4.74 Å². The van der Waals surface area contributed by atoms with E-state index in [1.54, 1.807) is 18.4 Å². The molecular weight excluding hydrogens is 314 g/mol. The minimum absolute atomic E-state index is 0.455. The van der Waals surface area contributed by atoms with Gasteiger partial charge in [0.1, 0.15) is 17.4 Å². The van der Waals surface area contributed by atoms with Crippen LogP contribution in [0.3, 0.4) is 0 Å². The maximum Gasteiger partial charge on any atom is 0.192 e. The molecule has 0 aliphatic rings. The maximum atomic E-state index is 5.06. The molecule has 8 nitrogen and oxygen atoms in total. The third-order valence-electron chi connectivity index (χ3n) is 3.24. The summed E-state index contributed by atoms with van der Waals surface area (Å²) >= 11 is 1.67.